The molecule has 3 nitrogen and oxygen atoms in total. The molecule has 0 heterocycles. The Morgan fingerprint density at radius 3 is 2.50 bits per heavy atom. The van der Waals surface area contributed by atoms with Gasteiger partial charge < -0.3 is 9.47 Å². The van der Waals surface area contributed by atoms with Crippen LogP contribution in [0, 0.1) is 23.2 Å². The highest BCUT2D eigenvalue weighted by Gasteiger charge is 2.36. The highest BCUT2D eigenvalue weighted by molar-refractivity contribution is 5.47. The van der Waals surface area contributed by atoms with Crippen LogP contribution in [-0.4, -0.2) is 13.7 Å². The molecule has 22 heavy (non-hydrogen) atoms. The molecular formula is C19H25NO2. The van der Waals surface area contributed by atoms with Crippen LogP contribution in [0.1, 0.15) is 51.0 Å². The van der Waals surface area contributed by atoms with Crippen molar-refractivity contribution < 1.29 is 9.47 Å². The Morgan fingerprint density at radius 1 is 1.18 bits per heavy atom. The van der Waals surface area contributed by atoms with Crippen LogP contribution in [0.3, 0.4) is 0 Å². The number of methoxy groups -OCH3 is 1. The van der Waals surface area contributed by atoms with Crippen molar-refractivity contribution >= 4 is 0 Å². The van der Waals surface area contributed by atoms with E-state index in [1.807, 2.05) is 18.2 Å². The molecule has 0 saturated heterocycles. The first-order valence-corrected chi connectivity index (χ1v) is 8.39. The zero-order valence-corrected chi connectivity index (χ0v) is 13.6. The van der Waals surface area contributed by atoms with Crippen molar-refractivity contribution in [3.05, 3.63) is 23.8 Å². The molecule has 0 N–H and O–H groups in total. The quantitative estimate of drug-likeness (QED) is 0.806. The predicted molar refractivity (Wildman–Crippen MR) is 86.1 cm³/mol. The Balaban J connectivity index is 1.85. The number of hydrogen-bond donors (Lipinski definition) is 0. The molecule has 0 spiro atoms. The second kappa shape index (κ2) is 6.20. The normalized spacial score (nSPS) is 28.0. The van der Waals surface area contributed by atoms with Gasteiger partial charge in [-0.05, 0) is 68.1 Å². The van der Waals surface area contributed by atoms with Crippen molar-refractivity contribution in [3.63, 3.8) is 0 Å². The summed E-state index contributed by atoms with van der Waals surface area (Å²) in [5.74, 6) is 2.99. The molecule has 3 rings (SSSR count). The molecule has 2 saturated carbocycles. The molecule has 0 aliphatic heterocycles. The number of benzene rings is 1. The van der Waals surface area contributed by atoms with Gasteiger partial charge in [0.25, 0.3) is 0 Å². The predicted octanol–water partition coefficient (Wildman–Crippen LogP) is 4.46. The minimum absolute atomic E-state index is 0.351. The summed E-state index contributed by atoms with van der Waals surface area (Å²) in [4.78, 5) is 0. The summed E-state index contributed by atoms with van der Waals surface area (Å²) < 4.78 is 11.4. The number of rotatable bonds is 5. The fourth-order valence-electron chi connectivity index (χ4n) is 3.30. The maximum atomic E-state index is 9.80. The van der Waals surface area contributed by atoms with E-state index in [2.05, 4.69) is 13.0 Å². The monoisotopic (exact) mass is 299 g/mol. The Labute approximate surface area is 133 Å². The van der Waals surface area contributed by atoms with Crippen LogP contribution >= 0.6 is 0 Å². The number of nitrogens with zero attached hydrogens (tertiary/aromatic N) is 1. The topological polar surface area (TPSA) is 42.2 Å². The molecule has 0 unspecified atom stereocenters. The van der Waals surface area contributed by atoms with E-state index in [4.69, 9.17) is 9.47 Å². The molecule has 1 aromatic carbocycles. The van der Waals surface area contributed by atoms with Crippen molar-refractivity contribution in [1.29, 1.82) is 5.26 Å². The van der Waals surface area contributed by atoms with Crippen molar-refractivity contribution in [3.8, 4) is 17.6 Å². The van der Waals surface area contributed by atoms with Crippen LogP contribution in [0.15, 0.2) is 18.2 Å². The van der Waals surface area contributed by atoms with Gasteiger partial charge in [-0.1, -0.05) is 13.0 Å². The first kappa shape index (κ1) is 15.2. The summed E-state index contributed by atoms with van der Waals surface area (Å²) >= 11 is 0. The van der Waals surface area contributed by atoms with Gasteiger partial charge in [0.2, 0.25) is 0 Å². The average Bonchev–Trinajstić information content (AvgIpc) is 3.38. The van der Waals surface area contributed by atoms with Crippen LogP contribution in [0.2, 0.25) is 0 Å². The summed E-state index contributed by atoms with van der Waals surface area (Å²) in [5, 5.41) is 9.80. The van der Waals surface area contributed by atoms with Crippen LogP contribution < -0.4 is 9.47 Å². The third kappa shape index (κ3) is 3.06. The molecule has 0 amide bonds. The Hall–Kier alpha value is -1.69. The lowest BCUT2D eigenvalue weighted by Crippen LogP contribution is -2.29. The Morgan fingerprint density at radius 2 is 1.91 bits per heavy atom. The van der Waals surface area contributed by atoms with E-state index in [9.17, 15) is 5.26 Å². The van der Waals surface area contributed by atoms with Gasteiger partial charge in [-0.25, -0.2) is 0 Å². The van der Waals surface area contributed by atoms with Gasteiger partial charge in [-0.15, -0.1) is 0 Å². The molecule has 2 aliphatic rings. The maximum absolute atomic E-state index is 9.80. The number of nitriles is 1. The van der Waals surface area contributed by atoms with Crippen LogP contribution in [0.5, 0.6) is 11.5 Å². The third-order valence-electron chi connectivity index (χ3n) is 5.23. The van der Waals surface area contributed by atoms with E-state index in [-0.39, 0.29) is 5.41 Å². The van der Waals surface area contributed by atoms with Gasteiger partial charge >= 0.3 is 0 Å². The lowest BCUT2D eigenvalue weighted by atomic mass is 9.68. The standard InChI is InChI=1S/C19H25NO2/c1-14-7-9-19(13-20,10-8-14)16-5-6-17(21-2)18(11-16)22-12-15-3-4-15/h5-6,11,14-15H,3-4,7-10,12H2,1-2H3. The van der Waals surface area contributed by atoms with E-state index in [0.717, 1.165) is 55.3 Å². The average molecular weight is 299 g/mol. The molecule has 2 aliphatic carbocycles. The Bertz CT molecular complexity index is 563. The molecule has 1 aromatic rings. The summed E-state index contributed by atoms with van der Waals surface area (Å²) in [6.07, 6.45) is 6.66. The number of hydrogen-bond acceptors (Lipinski definition) is 3. The zero-order chi connectivity index (χ0) is 15.6. The van der Waals surface area contributed by atoms with Gasteiger partial charge in [0.05, 0.1) is 25.2 Å². The lowest BCUT2D eigenvalue weighted by Gasteiger charge is -2.34. The highest BCUT2D eigenvalue weighted by Crippen LogP contribution is 2.43. The smallest absolute Gasteiger partial charge is 0.161 e. The first-order valence-electron chi connectivity index (χ1n) is 8.39. The zero-order valence-electron chi connectivity index (χ0n) is 13.6. The first-order chi connectivity index (χ1) is 10.7. The molecule has 3 heteroatoms. The molecule has 118 valence electrons. The maximum Gasteiger partial charge on any atom is 0.161 e. The number of ether oxygens (including phenoxy) is 2. The van der Waals surface area contributed by atoms with E-state index in [1.54, 1.807) is 7.11 Å². The molecular weight excluding hydrogens is 274 g/mol. The van der Waals surface area contributed by atoms with E-state index in [1.165, 1.54) is 12.8 Å². The van der Waals surface area contributed by atoms with Crippen molar-refractivity contribution in [2.24, 2.45) is 11.8 Å². The fourth-order valence-corrected chi connectivity index (χ4v) is 3.30. The third-order valence-corrected chi connectivity index (χ3v) is 5.23. The molecule has 0 atom stereocenters. The summed E-state index contributed by atoms with van der Waals surface area (Å²) in [5.41, 5.74) is 0.740. The van der Waals surface area contributed by atoms with E-state index >= 15 is 0 Å². The Kier molecular flexibility index (Phi) is 4.29. The van der Waals surface area contributed by atoms with Gasteiger partial charge in [0.15, 0.2) is 11.5 Å². The van der Waals surface area contributed by atoms with Crippen LogP contribution in [-0.2, 0) is 5.41 Å². The van der Waals surface area contributed by atoms with Gasteiger partial charge in [0.1, 0.15) is 0 Å². The van der Waals surface area contributed by atoms with Crippen LogP contribution in [0.25, 0.3) is 0 Å². The second-order valence-electron chi connectivity index (χ2n) is 7.00. The van der Waals surface area contributed by atoms with Crippen molar-refractivity contribution in [2.75, 3.05) is 13.7 Å². The fraction of sp³-hybridized carbons (Fsp3) is 0.632. The molecule has 0 bridgehead atoms. The molecule has 0 radical (unpaired) electrons. The van der Waals surface area contributed by atoms with E-state index in [0.29, 0.717) is 5.92 Å². The van der Waals surface area contributed by atoms with Crippen molar-refractivity contribution in [1.82, 2.24) is 0 Å². The second-order valence-corrected chi connectivity index (χ2v) is 7.00. The van der Waals surface area contributed by atoms with Crippen molar-refractivity contribution in [2.45, 2.75) is 50.9 Å². The minimum Gasteiger partial charge on any atom is -0.493 e. The highest BCUT2D eigenvalue weighted by atomic mass is 16.5. The lowest BCUT2D eigenvalue weighted by molar-refractivity contribution is 0.274. The van der Waals surface area contributed by atoms with Gasteiger partial charge in [0, 0.05) is 0 Å². The van der Waals surface area contributed by atoms with Gasteiger partial charge in [-0.3, -0.25) is 0 Å². The molecule has 2 fully saturated rings. The SMILES string of the molecule is COc1ccc(C2(C#N)CCC(C)CC2)cc1OCC1CC1. The van der Waals surface area contributed by atoms with Crippen LogP contribution in [0.4, 0.5) is 0 Å². The summed E-state index contributed by atoms with van der Waals surface area (Å²) in [6, 6.07) is 8.64. The van der Waals surface area contributed by atoms with E-state index < -0.39 is 0 Å². The molecule has 0 aromatic heterocycles. The minimum atomic E-state index is -0.351. The summed E-state index contributed by atoms with van der Waals surface area (Å²) in [6.45, 7) is 3.04. The summed E-state index contributed by atoms with van der Waals surface area (Å²) in [7, 11) is 1.67. The van der Waals surface area contributed by atoms with Gasteiger partial charge in [-0.2, -0.15) is 5.26 Å². The largest absolute Gasteiger partial charge is 0.493 e.